The summed E-state index contributed by atoms with van der Waals surface area (Å²) in [5, 5.41) is 1.82. The molecule has 4 nitrogen and oxygen atoms in total. The zero-order chi connectivity index (χ0) is 14.7. The molecule has 0 amide bonds. The third-order valence-electron chi connectivity index (χ3n) is 3.55. The standard InChI is InChI=1S/C17H18N2O2/c1-13-10-12-19(16-5-3-4-11-18-16)21-17(13)14-6-8-15(20-2)9-7-14/h3-11,17H,12H2,1-2H3/t17-/m0/s1. The Balaban J connectivity index is 1.84. The Hall–Kier alpha value is -2.33. The molecule has 1 aliphatic heterocycles. The predicted octanol–water partition coefficient (Wildman–Crippen LogP) is 3.53. The van der Waals surface area contributed by atoms with Gasteiger partial charge in [-0.05, 0) is 42.3 Å². The number of pyridine rings is 1. The van der Waals surface area contributed by atoms with E-state index >= 15 is 0 Å². The number of methoxy groups -OCH3 is 1. The van der Waals surface area contributed by atoms with Gasteiger partial charge in [0, 0.05) is 6.20 Å². The molecule has 4 heteroatoms. The molecule has 0 bridgehead atoms. The Morgan fingerprint density at radius 3 is 2.67 bits per heavy atom. The molecule has 0 saturated heterocycles. The second-order valence-corrected chi connectivity index (χ2v) is 4.96. The van der Waals surface area contributed by atoms with Gasteiger partial charge >= 0.3 is 0 Å². The van der Waals surface area contributed by atoms with Crippen LogP contribution in [0.4, 0.5) is 5.82 Å². The zero-order valence-electron chi connectivity index (χ0n) is 12.2. The van der Waals surface area contributed by atoms with Gasteiger partial charge < -0.3 is 4.74 Å². The van der Waals surface area contributed by atoms with Crippen molar-refractivity contribution in [3.05, 3.63) is 65.9 Å². The van der Waals surface area contributed by atoms with Gasteiger partial charge in [0.1, 0.15) is 11.9 Å². The summed E-state index contributed by atoms with van der Waals surface area (Å²) in [6.45, 7) is 2.79. The maximum Gasteiger partial charge on any atom is 0.152 e. The van der Waals surface area contributed by atoms with E-state index in [9.17, 15) is 0 Å². The van der Waals surface area contributed by atoms with Crippen LogP contribution in [0.25, 0.3) is 0 Å². The SMILES string of the molecule is COc1ccc([C@H]2ON(c3ccccn3)CC=C2C)cc1. The highest BCUT2D eigenvalue weighted by atomic mass is 16.7. The number of hydroxylamine groups is 1. The van der Waals surface area contributed by atoms with Crippen LogP contribution in [0, 0.1) is 0 Å². The van der Waals surface area contributed by atoms with E-state index in [-0.39, 0.29) is 6.10 Å². The summed E-state index contributed by atoms with van der Waals surface area (Å²) in [5.74, 6) is 1.66. The summed E-state index contributed by atoms with van der Waals surface area (Å²) < 4.78 is 5.20. The molecule has 0 radical (unpaired) electrons. The molecule has 1 aromatic heterocycles. The summed E-state index contributed by atoms with van der Waals surface area (Å²) in [7, 11) is 1.67. The van der Waals surface area contributed by atoms with Gasteiger partial charge in [0.05, 0.1) is 13.7 Å². The fourth-order valence-corrected chi connectivity index (χ4v) is 2.34. The quantitative estimate of drug-likeness (QED) is 0.807. The van der Waals surface area contributed by atoms with Crippen LogP contribution >= 0.6 is 0 Å². The van der Waals surface area contributed by atoms with Gasteiger partial charge in [-0.2, -0.15) is 0 Å². The van der Waals surface area contributed by atoms with Crippen LogP contribution in [-0.2, 0) is 4.84 Å². The van der Waals surface area contributed by atoms with Gasteiger partial charge in [-0.25, -0.2) is 10.0 Å². The van der Waals surface area contributed by atoms with Crippen LogP contribution in [0.1, 0.15) is 18.6 Å². The van der Waals surface area contributed by atoms with Crippen LogP contribution in [-0.4, -0.2) is 18.6 Å². The Labute approximate surface area is 124 Å². The number of rotatable bonds is 3. The average Bonchev–Trinajstić information content (AvgIpc) is 2.56. The third kappa shape index (κ3) is 2.90. The van der Waals surface area contributed by atoms with Gasteiger partial charge in [0.25, 0.3) is 0 Å². The second kappa shape index (κ2) is 5.97. The van der Waals surface area contributed by atoms with E-state index in [1.165, 1.54) is 5.57 Å². The van der Waals surface area contributed by atoms with Gasteiger partial charge in [-0.3, -0.25) is 4.84 Å². The maximum absolute atomic E-state index is 6.11. The first kappa shape index (κ1) is 13.6. The van der Waals surface area contributed by atoms with Crippen LogP contribution in [0.2, 0.25) is 0 Å². The summed E-state index contributed by atoms with van der Waals surface area (Å²) in [5.41, 5.74) is 2.30. The summed E-state index contributed by atoms with van der Waals surface area (Å²) >= 11 is 0. The Morgan fingerprint density at radius 1 is 1.19 bits per heavy atom. The predicted molar refractivity (Wildman–Crippen MR) is 82.2 cm³/mol. The van der Waals surface area contributed by atoms with Gasteiger partial charge in [0.2, 0.25) is 0 Å². The number of anilines is 1. The molecule has 0 spiro atoms. The van der Waals surface area contributed by atoms with Gasteiger partial charge in [-0.1, -0.05) is 24.3 Å². The molecule has 1 aromatic carbocycles. The van der Waals surface area contributed by atoms with Gasteiger partial charge in [0.15, 0.2) is 5.82 Å². The summed E-state index contributed by atoms with van der Waals surface area (Å²) in [6.07, 6.45) is 3.85. The van der Waals surface area contributed by atoms with Crippen molar-refractivity contribution in [3.8, 4) is 5.75 Å². The fourth-order valence-electron chi connectivity index (χ4n) is 2.34. The van der Waals surface area contributed by atoms with Gasteiger partial charge in [-0.15, -0.1) is 0 Å². The molecule has 0 N–H and O–H groups in total. The van der Waals surface area contributed by atoms with E-state index in [1.807, 2.05) is 47.5 Å². The summed E-state index contributed by atoms with van der Waals surface area (Å²) in [6, 6.07) is 13.8. The fraction of sp³-hybridized carbons (Fsp3) is 0.235. The number of hydrogen-bond acceptors (Lipinski definition) is 4. The van der Waals surface area contributed by atoms with Crippen LogP contribution in [0.3, 0.4) is 0 Å². The number of nitrogens with zero attached hydrogens (tertiary/aromatic N) is 2. The highest BCUT2D eigenvalue weighted by Gasteiger charge is 2.23. The van der Waals surface area contributed by atoms with Crippen molar-refractivity contribution in [2.45, 2.75) is 13.0 Å². The molecule has 0 aliphatic carbocycles. The molecule has 1 atom stereocenters. The lowest BCUT2D eigenvalue weighted by Crippen LogP contribution is -2.31. The van der Waals surface area contributed by atoms with Crippen molar-refractivity contribution < 1.29 is 9.57 Å². The van der Waals surface area contributed by atoms with E-state index in [0.717, 1.165) is 17.1 Å². The van der Waals surface area contributed by atoms with E-state index in [0.29, 0.717) is 6.54 Å². The Bertz CT molecular complexity index is 623. The number of benzene rings is 1. The van der Waals surface area contributed by atoms with Crippen molar-refractivity contribution in [1.82, 2.24) is 4.98 Å². The minimum absolute atomic E-state index is 0.0911. The Kier molecular flexibility index (Phi) is 3.88. The third-order valence-corrected chi connectivity index (χ3v) is 3.55. The number of aromatic nitrogens is 1. The lowest BCUT2D eigenvalue weighted by atomic mass is 10.0. The lowest BCUT2D eigenvalue weighted by Gasteiger charge is -2.32. The van der Waals surface area contributed by atoms with Crippen molar-refractivity contribution >= 4 is 5.82 Å². The molecule has 1 aliphatic rings. The smallest absolute Gasteiger partial charge is 0.152 e. The largest absolute Gasteiger partial charge is 0.497 e. The highest BCUT2D eigenvalue weighted by molar-refractivity contribution is 5.39. The maximum atomic E-state index is 6.11. The lowest BCUT2D eigenvalue weighted by molar-refractivity contribution is 0.0484. The van der Waals surface area contributed by atoms with Crippen molar-refractivity contribution in [2.24, 2.45) is 0 Å². The Morgan fingerprint density at radius 2 is 2.00 bits per heavy atom. The van der Waals surface area contributed by atoms with Crippen LogP contribution in [0.5, 0.6) is 5.75 Å². The highest BCUT2D eigenvalue weighted by Crippen LogP contribution is 2.32. The molecular weight excluding hydrogens is 264 g/mol. The van der Waals surface area contributed by atoms with E-state index in [2.05, 4.69) is 18.0 Å². The zero-order valence-corrected chi connectivity index (χ0v) is 12.2. The van der Waals surface area contributed by atoms with Crippen molar-refractivity contribution in [1.29, 1.82) is 0 Å². The van der Waals surface area contributed by atoms with E-state index in [1.54, 1.807) is 13.3 Å². The molecule has 3 rings (SSSR count). The monoisotopic (exact) mass is 282 g/mol. The molecule has 2 aromatic rings. The normalized spacial score (nSPS) is 18.3. The molecule has 0 unspecified atom stereocenters. The van der Waals surface area contributed by atoms with Crippen LogP contribution in [0.15, 0.2) is 60.3 Å². The minimum Gasteiger partial charge on any atom is -0.497 e. The van der Waals surface area contributed by atoms with Crippen molar-refractivity contribution in [3.63, 3.8) is 0 Å². The molecule has 108 valence electrons. The average molecular weight is 282 g/mol. The number of hydrogen-bond donors (Lipinski definition) is 0. The molecular formula is C17H18N2O2. The first-order valence-electron chi connectivity index (χ1n) is 6.94. The van der Waals surface area contributed by atoms with Crippen LogP contribution < -0.4 is 9.80 Å². The van der Waals surface area contributed by atoms with Crippen molar-refractivity contribution in [2.75, 3.05) is 18.7 Å². The molecule has 21 heavy (non-hydrogen) atoms. The van der Waals surface area contributed by atoms with E-state index in [4.69, 9.17) is 9.57 Å². The topological polar surface area (TPSA) is 34.6 Å². The summed E-state index contributed by atoms with van der Waals surface area (Å²) in [4.78, 5) is 10.4. The minimum atomic E-state index is -0.0911. The number of ether oxygens (including phenoxy) is 1. The second-order valence-electron chi connectivity index (χ2n) is 4.96. The first-order chi connectivity index (χ1) is 10.3. The van der Waals surface area contributed by atoms with E-state index < -0.39 is 0 Å². The molecule has 2 heterocycles. The molecule has 0 saturated carbocycles. The molecule has 0 fully saturated rings. The first-order valence-corrected chi connectivity index (χ1v) is 6.94.